The van der Waals surface area contributed by atoms with Crippen molar-refractivity contribution in [2.75, 3.05) is 7.05 Å². The first kappa shape index (κ1) is 31.9. The second kappa shape index (κ2) is 11.8. The van der Waals surface area contributed by atoms with Crippen LogP contribution in [0.3, 0.4) is 0 Å². The number of nitrogens with zero attached hydrogens (tertiary/aromatic N) is 3. The van der Waals surface area contributed by atoms with Gasteiger partial charge in [-0.1, -0.05) is 123 Å². The highest BCUT2D eigenvalue weighted by molar-refractivity contribution is 6.09. The third-order valence-electron chi connectivity index (χ3n) is 12.4. The van der Waals surface area contributed by atoms with Crippen molar-refractivity contribution in [1.29, 1.82) is 0 Å². The molecule has 2 heterocycles. The molecule has 0 aliphatic heterocycles. The lowest BCUT2D eigenvalue weighted by Crippen LogP contribution is -2.41. The molecule has 5 aromatic carbocycles. The Morgan fingerprint density at radius 3 is 2.30 bits per heavy atom. The third-order valence-corrected chi connectivity index (χ3v) is 12.4. The second-order valence-corrected chi connectivity index (χ2v) is 15.6. The highest BCUT2D eigenvalue weighted by atomic mass is 15.3. The van der Waals surface area contributed by atoms with Gasteiger partial charge >= 0.3 is 0 Å². The summed E-state index contributed by atoms with van der Waals surface area (Å²) < 4.78 is 4.95. The fraction of sp³-hybridized carbons (Fsp3) is 0.184. The van der Waals surface area contributed by atoms with Gasteiger partial charge in [0.2, 0.25) is 0 Å². The van der Waals surface area contributed by atoms with Crippen molar-refractivity contribution < 1.29 is 0 Å². The Hall–Kier alpha value is -5.84. The lowest BCUT2D eigenvalue weighted by molar-refractivity contribution is 0.166. The summed E-state index contributed by atoms with van der Waals surface area (Å²) in [6.45, 7) is 6.90. The lowest BCUT2D eigenvalue weighted by Gasteiger charge is -2.37. The van der Waals surface area contributed by atoms with Crippen molar-refractivity contribution in [2.24, 2.45) is 11.7 Å². The van der Waals surface area contributed by atoms with Gasteiger partial charge in [0, 0.05) is 49.7 Å². The predicted molar refractivity (Wildman–Crippen MR) is 222 cm³/mol. The number of rotatable bonds is 6. The van der Waals surface area contributed by atoms with Gasteiger partial charge in [-0.25, -0.2) is 0 Å². The van der Waals surface area contributed by atoms with Crippen molar-refractivity contribution in [2.45, 2.75) is 44.8 Å². The zero-order valence-corrected chi connectivity index (χ0v) is 30.8. The molecule has 0 radical (unpaired) electrons. The van der Waals surface area contributed by atoms with Crippen LogP contribution >= 0.6 is 0 Å². The summed E-state index contributed by atoms with van der Waals surface area (Å²) in [5.74, 6) is 0.416. The summed E-state index contributed by atoms with van der Waals surface area (Å²) in [7, 11) is 2.29. The summed E-state index contributed by atoms with van der Waals surface area (Å²) in [5, 5.41) is 6.42. The van der Waals surface area contributed by atoms with Crippen LogP contribution in [0.2, 0.25) is 0 Å². The average molecular weight is 689 g/mol. The molecule has 3 atom stereocenters. The molecule has 3 unspecified atom stereocenters. The third kappa shape index (κ3) is 4.65. The first-order chi connectivity index (χ1) is 25.8. The first-order valence-electron chi connectivity index (χ1n) is 18.9. The number of likely N-dealkylation sites (N-methyl/N-ethyl adjacent to an activating group) is 1. The molecule has 53 heavy (non-hydrogen) atoms. The normalized spacial score (nSPS) is 18.4. The molecule has 7 aromatic rings. The Morgan fingerprint density at radius 2 is 1.47 bits per heavy atom. The van der Waals surface area contributed by atoms with E-state index in [9.17, 15) is 0 Å². The topological polar surface area (TPSA) is 39.1 Å². The van der Waals surface area contributed by atoms with Gasteiger partial charge in [-0.15, -0.1) is 0 Å². The smallest absolute Gasteiger partial charge is 0.0847 e. The molecule has 0 amide bonds. The summed E-state index contributed by atoms with van der Waals surface area (Å²) >= 11 is 0. The van der Waals surface area contributed by atoms with Gasteiger partial charge in [0.1, 0.15) is 0 Å². The van der Waals surface area contributed by atoms with Crippen LogP contribution in [-0.2, 0) is 5.41 Å². The fourth-order valence-electron chi connectivity index (χ4n) is 9.58. The highest BCUT2D eigenvalue weighted by Crippen LogP contribution is 2.51. The number of aromatic nitrogens is 2. The van der Waals surface area contributed by atoms with Crippen molar-refractivity contribution in [3.05, 3.63) is 178 Å². The van der Waals surface area contributed by atoms with E-state index in [0.29, 0.717) is 5.92 Å². The Bertz CT molecular complexity index is 2840. The molecular formula is C49H44N4. The summed E-state index contributed by atoms with van der Waals surface area (Å²) in [5.41, 5.74) is 19.2. The molecule has 0 fully saturated rings. The van der Waals surface area contributed by atoms with E-state index in [4.69, 9.17) is 5.73 Å². The van der Waals surface area contributed by atoms with Gasteiger partial charge in [0.15, 0.2) is 0 Å². The molecule has 260 valence electrons. The van der Waals surface area contributed by atoms with Gasteiger partial charge in [-0.3, -0.25) is 4.90 Å². The molecule has 10 rings (SSSR count). The van der Waals surface area contributed by atoms with Crippen LogP contribution in [0.15, 0.2) is 151 Å². The Morgan fingerprint density at radius 1 is 0.774 bits per heavy atom. The minimum absolute atomic E-state index is 0.00730. The molecule has 4 heteroatoms. The number of hydrogen-bond donors (Lipinski definition) is 1. The number of benzene rings is 5. The van der Waals surface area contributed by atoms with Crippen LogP contribution in [0, 0.1) is 5.92 Å². The standard InChI is InChI=1S/C49H44N4/c1-31(52-42-24-14-11-21-37(42)40-28-32-16-8-9-17-33(32)30-45(40)52)51(4)47(46-38-22-10-13-23-41(38)49(2,3)48(46)50)34-26-27-44-39(29-34)36-20-12-15-25-43(36)53(44)35-18-6-5-7-19-35/h5-15,17-32,47H,16,50H2,1-4H3. The van der Waals surface area contributed by atoms with Crippen molar-refractivity contribution in [3.8, 4) is 5.69 Å². The van der Waals surface area contributed by atoms with Crippen LogP contribution in [0.25, 0.3) is 56.1 Å². The lowest BCUT2D eigenvalue weighted by atomic mass is 9.85. The predicted octanol–water partition coefficient (Wildman–Crippen LogP) is 9.67. The van der Waals surface area contributed by atoms with E-state index in [1.54, 1.807) is 0 Å². The maximum atomic E-state index is 7.38. The van der Waals surface area contributed by atoms with E-state index in [1.807, 2.05) is 0 Å². The van der Waals surface area contributed by atoms with E-state index in [2.05, 4.69) is 194 Å². The zero-order chi connectivity index (χ0) is 36.0. The molecular weight excluding hydrogens is 645 g/mol. The van der Waals surface area contributed by atoms with Crippen LogP contribution in [0.5, 0.6) is 0 Å². The monoisotopic (exact) mass is 688 g/mol. The van der Waals surface area contributed by atoms with Crippen LogP contribution in [0.1, 0.15) is 56.1 Å². The zero-order valence-electron chi connectivity index (χ0n) is 30.8. The Kier molecular flexibility index (Phi) is 7.12. The maximum Gasteiger partial charge on any atom is 0.0847 e. The number of fused-ring (bicyclic) bond motifs is 8. The van der Waals surface area contributed by atoms with Gasteiger partial charge in [-0.2, -0.15) is 0 Å². The second-order valence-electron chi connectivity index (χ2n) is 15.6. The van der Waals surface area contributed by atoms with Crippen molar-refractivity contribution in [3.63, 3.8) is 0 Å². The van der Waals surface area contributed by atoms with E-state index in [-0.39, 0.29) is 17.6 Å². The molecule has 0 bridgehead atoms. The Labute approximate surface area is 310 Å². The summed E-state index contributed by atoms with van der Waals surface area (Å²) in [4.78, 5) is 2.56. The molecule has 3 aliphatic rings. The Balaban J connectivity index is 1.22. The first-order valence-corrected chi connectivity index (χ1v) is 18.9. The fourth-order valence-corrected chi connectivity index (χ4v) is 9.58. The minimum atomic E-state index is -0.292. The van der Waals surface area contributed by atoms with E-state index in [0.717, 1.165) is 17.8 Å². The molecule has 0 saturated heterocycles. The van der Waals surface area contributed by atoms with Gasteiger partial charge in [0.05, 0.1) is 34.1 Å². The van der Waals surface area contributed by atoms with E-state index >= 15 is 0 Å². The van der Waals surface area contributed by atoms with Crippen LogP contribution < -0.4 is 16.3 Å². The van der Waals surface area contributed by atoms with E-state index < -0.39 is 0 Å². The minimum Gasteiger partial charge on any atom is -0.401 e. The number of hydrogen-bond acceptors (Lipinski definition) is 2. The maximum absolute atomic E-state index is 7.38. The molecule has 4 nitrogen and oxygen atoms in total. The van der Waals surface area contributed by atoms with Crippen LogP contribution in [0.4, 0.5) is 0 Å². The van der Waals surface area contributed by atoms with Gasteiger partial charge in [-0.05, 0) is 85.1 Å². The quantitative estimate of drug-likeness (QED) is 0.189. The van der Waals surface area contributed by atoms with Crippen molar-refractivity contribution in [1.82, 2.24) is 14.0 Å². The molecule has 0 spiro atoms. The molecule has 2 aromatic heterocycles. The van der Waals surface area contributed by atoms with Gasteiger partial charge < -0.3 is 14.9 Å². The van der Waals surface area contributed by atoms with Gasteiger partial charge in [0.25, 0.3) is 0 Å². The van der Waals surface area contributed by atoms with Crippen molar-refractivity contribution >= 4 is 50.4 Å². The molecule has 0 saturated carbocycles. The largest absolute Gasteiger partial charge is 0.401 e. The molecule has 3 aliphatic carbocycles. The summed E-state index contributed by atoms with van der Waals surface area (Å²) in [6.07, 6.45) is 12.8. The number of para-hydroxylation sites is 3. The average Bonchev–Trinajstić information content (AvgIpc) is 3.77. The number of nitrogens with two attached hydrogens (primary N) is 1. The SMILES string of the molecule is CC(N(C)C(C1=C(N)C(C)(C)c2ccccc21)c1ccc2c(c1)c1ccccc1n2-c1ccccc1)n1c2c(c3ccccc31)=CC1CC=CC=C1C=2. The highest BCUT2D eigenvalue weighted by Gasteiger charge is 2.41. The van der Waals surface area contributed by atoms with Crippen LogP contribution in [-0.4, -0.2) is 21.1 Å². The van der Waals surface area contributed by atoms with E-state index in [1.165, 1.54) is 71.1 Å². The summed E-state index contributed by atoms with van der Waals surface area (Å²) in [6, 6.07) is 44.3. The molecule has 2 N–H and O–H groups in total. The number of allylic oxidation sites excluding steroid dienone is 5.